The summed E-state index contributed by atoms with van der Waals surface area (Å²) in [6.45, 7) is 11.6. The summed E-state index contributed by atoms with van der Waals surface area (Å²) in [4.78, 5) is 16.7. The third kappa shape index (κ3) is 5.94. The van der Waals surface area contributed by atoms with Crippen LogP contribution in [-0.2, 0) is 4.79 Å². The third-order valence-electron chi connectivity index (χ3n) is 4.30. The molecular formula is C16H32N2O. The van der Waals surface area contributed by atoms with Gasteiger partial charge in [0.25, 0.3) is 0 Å². The summed E-state index contributed by atoms with van der Waals surface area (Å²) in [6.07, 6.45) is 7.70. The van der Waals surface area contributed by atoms with Crippen LogP contribution in [0.25, 0.3) is 0 Å². The van der Waals surface area contributed by atoms with Crippen LogP contribution in [0.2, 0.25) is 0 Å². The molecule has 0 aromatic rings. The lowest BCUT2D eigenvalue weighted by atomic mass is 10.1. The van der Waals surface area contributed by atoms with E-state index < -0.39 is 0 Å². The standard InChI is InChI=1S/C16H32N2O/c1-4-6-7-8-9-10-17-11-13-18(14-12-17)16(19)15(3)5-2/h15H,4-14H2,1-3H3. The summed E-state index contributed by atoms with van der Waals surface area (Å²) in [6, 6.07) is 0. The number of piperazine rings is 1. The van der Waals surface area contributed by atoms with Crippen LogP contribution >= 0.6 is 0 Å². The highest BCUT2D eigenvalue weighted by Gasteiger charge is 2.23. The Bertz CT molecular complexity index is 247. The van der Waals surface area contributed by atoms with Crippen molar-refractivity contribution in [1.82, 2.24) is 9.80 Å². The molecule has 1 unspecified atom stereocenters. The number of carbonyl (C=O) groups is 1. The van der Waals surface area contributed by atoms with E-state index in [1.54, 1.807) is 0 Å². The Hall–Kier alpha value is -0.570. The average molecular weight is 268 g/mol. The lowest BCUT2D eigenvalue weighted by Crippen LogP contribution is -2.50. The van der Waals surface area contributed by atoms with Crippen LogP contribution in [0.3, 0.4) is 0 Å². The van der Waals surface area contributed by atoms with Crippen molar-refractivity contribution in [3.05, 3.63) is 0 Å². The van der Waals surface area contributed by atoms with Crippen molar-refractivity contribution in [2.24, 2.45) is 5.92 Å². The van der Waals surface area contributed by atoms with Gasteiger partial charge in [-0.05, 0) is 19.4 Å². The fourth-order valence-electron chi connectivity index (χ4n) is 2.62. The number of carbonyl (C=O) groups excluding carboxylic acids is 1. The van der Waals surface area contributed by atoms with Crippen LogP contribution < -0.4 is 0 Å². The molecule has 0 radical (unpaired) electrons. The molecule has 1 rings (SSSR count). The monoisotopic (exact) mass is 268 g/mol. The molecule has 112 valence electrons. The van der Waals surface area contributed by atoms with Gasteiger partial charge in [-0.3, -0.25) is 9.69 Å². The molecule has 3 nitrogen and oxygen atoms in total. The Morgan fingerprint density at radius 1 is 1.00 bits per heavy atom. The Labute approximate surface area is 119 Å². The van der Waals surface area contributed by atoms with Gasteiger partial charge >= 0.3 is 0 Å². The number of unbranched alkanes of at least 4 members (excludes halogenated alkanes) is 4. The lowest BCUT2D eigenvalue weighted by molar-refractivity contribution is -0.136. The smallest absolute Gasteiger partial charge is 0.225 e. The van der Waals surface area contributed by atoms with Gasteiger partial charge in [-0.15, -0.1) is 0 Å². The largest absolute Gasteiger partial charge is 0.340 e. The maximum Gasteiger partial charge on any atom is 0.225 e. The minimum Gasteiger partial charge on any atom is -0.340 e. The molecule has 0 aromatic heterocycles. The van der Waals surface area contributed by atoms with Gasteiger partial charge < -0.3 is 4.90 Å². The maximum absolute atomic E-state index is 12.1. The van der Waals surface area contributed by atoms with E-state index in [-0.39, 0.29) is 5.92 Å². The second kappa shape index (κ2) is 9.35. The van der Waals surface area contributed by atoms with Crippen LogP contribution in [0.5, 0.6) is 0 Å². The highest BCUT2D eigenvalue weighted by atomic mass is 16.2. The summed E-state index contributed by atoms with van der Waals surface area (Å²) >= 11 is 0. The minimum absolute atomic E-state index is 0.195. The van der Waals surface area contributed by atoms with E-state index >= 15 is 0 Å². The Morgan fingerprint density at radius 2 is 1.63 bits per heavy atom. The molecule has 0 N–H and O–H groups in total. The van der Waals surface area contributed by atoms with Crippen LogP contribution in [0, 0.1) is 5.92 Å². The molecule has 1 aliphatic heterocycles. The Morgan fingerprint density at radius 3 is 2.21 bits per heavy atom. The van der Waals surface area contributed by atoms with Crippen molar-refractivity contribution < 1.29 is 4.79 Å². The van der Waals surface area contributed by atoms with Gasteiger partial charge in [0.15, 0.2) is 0 Å². The normalized spacial score (nSPS) is 18.6. The van der Waals surface area contributed by atoms with E-state index in [2.05, 4.69) is 23.6 Å². The van der Waals surface area contributed by atoms with Crippen molar-refractivity contribution >= 4 is 5.91 Å². The van der Waals surface area contributed by atoms with Crippen molar-refractivity contribution in [1.29, 1.82) is 0 Å². The summed E-state index contributed by atoms with van der Waals surface area (Å²) in [7, 11) is 0. The molecule has 1 amide bonds. The number of hydrogen-bond acceptors (Lipinski definition) is 2. The van der Waals surface area contributed by atoms with Crippen molar-refractivity contribution in [3.8, 4) is 0 Å². The molecule has 0 bridgehead atoms. The highest BCUT2D eigenvalue weighted by molar-refractivity contribution is 5.78. The Balaban J connectivity index is 2.13. The topological polar surface area (TPSA) is 23.6 Å². The lowest BCUT2D eigenvalue weighted by Gasteiger charge is -2.36. The number of amides is 1. The second-order valence-electron chi connectivity index (χ2n) is 5.89. The molecule has 0 aromatic carbocycles. The van der Waals surface area contributed by atoms with E-state index in [0.717, 1.165) is 32.6 Å². The van der Waals surface area contributed by atoms with Crippen LogP contribution in [0.1, 0.15) is 59.3 Å². The average Bonchev–Trinajstić information content (AvgIpc) is 2.46. The zero-order valence-electron chi connectivity index (χ0n) is 13.2. The van der Waals surface area contributed by atoms with E-state index in [9.17, 15) is 4.79 Å². The predicted octanol–water partition coefficient (Wildman–Crippen LogP) is 3.15. The molecule has 1 fully saturated rings. The summed E-state index contributed by atoms with van der Waals surface area (Å²) in [5.74, 6) is 0.547. The van der Waals surface area contributed by atoms with Crippen LogP contribution in [-0.4, -0.2) is 48.4 Å². The SMILES string of the molecule is CCCCCCCN1CCN(C(=O)C(C)CC)CC1. The van der Waals surface area contributed by atoms with Crippen molar-refractivity contribution in [3.63, 3.8) is 0 Å². The first-order valence-corrected chi connectivity index (χ1v) is 8.20. The van der Waals surface area contributed by atoms with Gasteiger partial charge in [0.2, 0.25) is 5.91 Å². The van der Waals surface area contributed by atoms with E-state index in [0.29, 0.717) is 5.91 Å². The van der Waals surface area contributed by atoms with Gasteiger partial charge in [0.1, 0.15) is 0 Å². The zero-order valence-corrected chi connectivity index (χ0v) is 13.2. The molecule has 0 spiro atoms. The summed E-state index contributed by atoms with van der Waals surface area (Å²) in [5, 5.41) is 0. The molecule has 3 heteroatoms. The molecular weight excluding hydrogens is 236 g/mol. The maximum atomic E-state index is 12.1. The van der Waals surface area contributed by atoms with Crippen LogP contribution in [0.4, 0.5) is 0 Å². The van der Waals surface area contributed by atoms with E-state index in [1.807, 2.05) is 6.92 Å². The molecule has 0 saturated carbocycles. The number of nitrogens with zero attached hydrogens (tertiary/aromatic N) is 2. The van der Waals surface area contributed by atoms with Gasteiger partial charge in [0.05, 0.1) is 0 Å². The van der Waals surface area contributed by atoms with Gasteiger partial charge in [0, 0.05) is 32.1 Å². The van der Waals surface area contributed by atoms with Crippen LogP contribution in [0.15, 0.2) is 0 Å². The first-order chi connectivity index (χ1) is 9.19. The highest BCUT2D eigenvalue weighted by Crippen LogP contribution is 2.11. The molecule has 19 heavy (non-hydrogen) atoms. The molecule has 1 heterocycles. The Kier molecular flexibility index (Phi) is 8.11. The van der Waals surface area contributed by atoms with E-state index in [1.165, 1.54) is 38.6 Å². The zero-order chi connectivity index (χ0) is 14.1. The van der Waals surface area contributed by atoms with E-state index in [4.69, 9.17) is 0 Å². The molecule has 1 atom stereocenters. The van der Waals surface area contributed by atoms with Gasteiger partial charge in [-0.25, -0.2) is 0 Å². The number of hydrogen-bond donors (Lipinski definition) is 0. The summed E-state index contributed by atoms with van der Waals surface area (Å²) < 4.78 is 0. The van der Waals surface area contributed by atoms with Gasteiger partial charge in [-0.1, -0.05) is 46.5 Å². The predicted molar refractivity (Wildman–Crippen MR) is 81.2 cm³/mol. The molecule has 1 aliphatic rings. The summed E-state index contributed by atoms with van der Waals surface area (Å²) in [5.41, 5.74) is 0. The fraction of sp³-hybridized carbons (Fsp3) is 0.938. The first kappa shape index (κ1) is 16.5. The number of rotatable bonds is 8. The molecule has 0 aliphatic carbocycles. The van der Waals surface area contributed by atoms with Crippen molar-refractivity contribution in [2.45, 2.75) is 59.3 Å². The molecule has 1 saturated heterocycles. The third-order valence-corrected chi connectivity index (χ3v) is 4.30. The van der Waals surface area contributed by atoms with Crippen molar-refractivity contribution in [2.75, 3.05) is 32.7 Å². The first-order valence-electron chi connectivity index (χ1n) is 8.20. The minimum atomic E-state index is 0.195. The fourth-order valence-corrected chi connectivity index (χ4v) is 2.62. The quantitative estimate of drug-likeness (QED) is 0.631. The van der Waals surface area contributed by atoms with Gasteiger partial charge in [-0.2, -0.15) is 0 Å². The second-order valence-corrected chi connectivity index (χ2v) is 5.89.